The normalized spacial score (nSPS) is 10.1. The molecule has 0 atom stereocenters. The van der Waals surface area contributed by atoms with E-state index in [1.165, 1.54) is 0 Å². The molecule has 0 fully saturated rings. The molecule has 0 aliphatic heterocycles. The second-order valence-electron chi connectivity index (χ2n) is 5.77. The highest BCUT2D eigenvalue weighted by molar-refractivity contribution is 5.98. The Balaban J connectivity index is 1.59. The van der Waals surface area contributed by atoms with Gasteiger partial charge in [-0.1, -0.05) is 18.2 Å². The number of aromatic nitrogens is 2. The molecule has 0 bridgehead atoms. The molecule has 0 aliphatic carbocycles. The number of urea groups is 1. The molecule has 7 nitrogen and oxygen atoms in total. The van der Waals surface area contributed by atoms with Gasteiger partial charge in [0.15, 0.2) is 0 Å². The van der Waals surface area contributed by atoms with Crippen LogP contribution in [-0.2, 0) is 0 Å². The summed E-state index contributed by atoms with van der Waals surface area (Å²) in [7, 11) is 0. The first-order valence-corrected chi connectivity index (χ1v) is 8.63. The monoisotopic (exact) mass is 363 g/mol. The van der Waals surface area contributed by atoms with Crippen LogP contribution < -0.4 is 20.7 Å². The van der Waals surface area contributed by atoms with E-state index >= 15 is 0 Å². The van der Waals surface area contributed by atoms with Gasteiger partial charge in [0, 0.05) is 24.0 Å². The van der Waals surface area contributed by atoms with E-state index < -0.39 is 6.03 Å². The molecule has 0 aliphatic rings. The van der Waals surface area contributed by atoms with Gasteiger partial charge >= 0.3 is 6.03 Å². The SMILES string of the molecule is CCNc1cc(C)nc(NC(=O)Nc2ccc(Oc3ccccc3)cc2)n1. The lowest BCUT2D eigenvalue weighted by atomic mass is 10.3. The van der Waals surface area contributed by atoms with Crippen LogP contribution in [0.5, 0.6) is 11.5 Å². The molecule has 1 heterocycles. The van der Waals surface area contributed by atoms with Gasteiger partial charge in [-0.3, -0.25) is 5.32 Å². The van der Waals surface area contributed by atoms with Crippen molar-refractivity contribution in [1.82, 2.24) is 9.97 Å². The molecule has 2 amide bonds. The largest absolute Gasteiger partial charge is 0.457 e. The molecule has 7 heteroatoms. The highest BCUT2D eigenvalue weighted by Gasteiger charge is 2.07. The van der Waals surface area contributed by atoms with Gasteiger partial charge in [-0.05, 0) is 50.2 Å². The van der Waals surface area contributed by atoms with Gasteiger partial charge in [-0.2, -0.15) is 4.98 Å². The van der Waals surface area contributed by atoms with Gasteiger partial charge < -0.3 is 15.4 Å². The minimum Gasteiger partial charge on any atom is -0.457 e. The van der Waals surface area contributed by atoms with E-state index in [1.807, 2.05) is 50.2 Å². The lowest BCUT2D eigenvalue weighted by molar-refractivity contribution is 0.262. The summed E-state index contributed by atoms with van der Waals surface area (Å²) in [4.78, 5) is 20.7. The van der Waals surface area contributed by atoms with E-state index in [4.69, 9.17) is 4.74 Å². The van der Waals surface area contributed by atoms with E-state index in [-0.39, 0.29) is 5.95 Å². The quantitative estimate of drug-likeness (QED) is 0.593. The van der Waals surface area contributed by atoms with Gasteiger partial charge in [-0.15, -0.1) is 0 Å². The Morgan fingerprint density at radius 2 is 1.67 bits per heavy atom. The summed E-state index contributed by atoms with van der Waals surface area (Å²) in [6.45, 7) is 4.55. The van der Waals surface area contributed by atoms with Gasteiger partial charge in [-0.25, -0.2) is 9.78 Å². The third-order valence-electron chi connectivity index (χ3n) is 3.53. The summed E-state index contributed by atoms with van der Waals surface area (Å²) in [5, 5.41) is 8.49. The minimum absolute atomic E-state index is 0.243. The zero-order valence-electron chi connectivity index (χ0n) is 15.2. The number of nitrogens with zero attached hydrogens (tertiary/aromatic N) is 2. The summed E-state index contributed by atoms with van der Waals surface area (Å²) >= 11 is 0. The van der Waals surface area contributed by atoms with Crippen molar-refractivity contribution in [2.75, 3.05) is 22.5 Å². The number of hydrogen-bond donors (Lipinski definition) is 3. The van der Waals surface area contributed by atoms with Crippen molar-refractivity contribution in [3.63, 3.8) is 0 Å². The third kappa shape index (κ3) is 5.43. The first kappa shape index (κ1) is 18.2. The molecule has 0 saturated heterocycles. The number of rotatable bonds is 6. The van der Waals surface area contributed by atoms with Crippen molar-refractivity contribution in [3.8, 4) is 11.5 Å². The number of para-hydroxylation sites is 1. The third-order valence-corrected chi connectivity index (χ3v) is 3.53. The summed E-state index contributed by atoms with van der Waals surface area (Å²) in [6.07, 6.45) is 0. The van der Waals surface area contributed by atoms with E-state index in [2.05, 4.69) is 25.9 Å². The number of hydrogen-bond acceptors (Lipinski definition) is 5. The van der Waals surface area contributed by atoms with Crippen LogP contribution in [0.2, 0.25) is 0 Å². The fourth-order valence-corrected chi connectivity index (χ4v) is 2.39. The Morgan fingerprint density at radius 1 is 0.963 bits per heavy atom. The molecule has 2 aromatic carbocycles. The lowest BCUT2D eigenvalue weighted by Gasteiger charge is -2.10. The Bertz CT molecular complexity index is 898. The molecular weight excluding hydrogens is 342 g/mol. The molecule has 0 spiro atoms. The number of carbonyl (C=O) groups excluding carboxylic acids is 1. The molecule has 27 heavy (non-hydrogen) atoms. The second-order valence-corrected chi connectivity index (χ2v) is 5.77. The van der Waals surface area contributed by atoms with Gasteiger partial charge in [0.05, 0.1) is 0 Å². The Morgan fingerprint density at radius 3 is 2.37 bits per heavy atom. The van der Waals surface area contributed by atoms with Crippen LogP contribution in [0.1, 0.15) is 12.6 Å². The van der Waals surface area contributed by atoms with Crippen LogP contribution in [0.4, 0.5) is 22.2 Å². The standard InChI is InChI=1S/C20H21N5O2/c1-3-21-18-13-14(2)22-19(24-18)25-20(26)23-15-9-11-17(12-10-15)27-16-7-5-4-6-8-16/h4-13H,3H2,1-2H3,(H3,21,22,23,24,25,26). The molecule has 138 valence electrons. The maximum absolute atomic E-state index is 12.2. The van der Waals surface area contributed by atoms with E-state index in [9.17, 15) is 4.79 Å². The van der Waals surface area contributed by atoms with Crippen molar-refractivity contribution < 1.29 is 9.53 Å². The molecular formula is C20H21N5O2. The molecule has 0 radical (unpaired) electrons. The predicted octanol–water partition coefficient (Wildman–Crippen LogP) is 4.65. The van der Waals surface area contributed by atoms with Crippen molar-refractivity contribution in [1.29, 1.82) is 0 Å². The summed E-state index contributed by atoms with van der Waals surface area (Å²) in [5.74, 6) is 2.35. The summed E-state index contributed by atoms with van der Waals surface area (Å²) in [6, 6.07) is 18.0. The maximum Gasteiger partial charge on any atom is 0.326 e. The molecule has 1 aromatic heterocycles. The fraction of sp³-hybridized carbons (Fsp3) is 0.150. The predicted molar refractivity (Wildman–Crippen MR) is 107 cm³/mol. The number of aryl methyl sites for hydroxylation is 1. The average molecular weight is 363 g/mol. The zero-order valence-corrected chi connectivity index (χ0v) is 15.2. The average Bonchev–Trinajstić information content (AvgIpc) is 2.64. The van der Waals surface area contributed by atoms with Gasteiger partial charge in [0.25, 0.3) is 0 Å². The number of benzene rings is 2. The van der Waals surface area contributed by atoms with Gasteiger partial charge in [0.2, 0.25) is 5.95 Å². The number of nitrogens with one attached hydrogen (secondary N) is 3. The summed E-state index contributed by atoms with van der Waals surface area (Å²) < 4.78 is 5.73. The molecule has 3 N–H and O–H groups in total. The van der Waals surface area contributed by atoms with Crippen LogP contribution in [0.3, 0.4) is 0 Å². The molecule has 3 aromatic rings. The van der Waals surface area contributed by atoms with E-state index in [0.717, 1.165) is 18.0 Å². The van der Waals surface area contributed by atoms with E-state index in [1.54, 1.807) is 24.3 Å². The van der Waals surface area contributed by atoms with Crippen molar-refractivity contribution >= 4 is 23.5 Å². The molecule has 0 unspecified atom stereocenters. The first-order chi connectivity index (χ1) is 13.1. The number of carbonyl (C=O) groups is 1. The van der Waals surface area contributed by atoms with Crippen LogP contribution in [0.25, 0.3) is 0 Å². The van der Waals surface area contributed by atoms with Crippen LogP contribution in [-0.4, -0.2) is 22.5 Å². The minimum atomic E-state index is -0.417. The number of anilines is 3. The topological polar surface area (TPSA) is 88.2 Å². The second kappa shape index (κ2) is 8.66. The highest BCUT2D eigenvalue weighted by atomic mass is 16.5. The van der Waals surface area contributed by atoms with E-state index in [0.29, 0.717) is 17.3 Å². The van der Waals surface area contributed by atoms with Gasteiger partial charge in [0.1, 0.15) is 17.3 Å². The Kier molecular flexibility index (Phi) is 5.84. The van der Waals surface area contributed by atoms with Crippen molar-refractivity contribution in [2.45, 2.75) is 13.8 Å². The summed E-state index contributed by atoms with van der Waals surface area (Å²) in [5.41, 5.74) is 1.39. The number of amides is 2. The Labute approximate surface area is 157 Å². The maximum atomic E-state index is 12.2. The Hall–Kier alpha value is -3.61. The number of ether oxygens (including phenoxy) is 1. The van der Waals surface area contributed by atoms with Crippen molar-refractivity contribution in [3.05, 3.63) is 66.4 Å². The molecule has 3 rings (SSSR count). The zero-order chi connectivity index (χ0) is 19.1. The smallest absolute Gasteiger partial charge is 0.326 e. The molecule has 0 saturated carbocycles. The van der Waals surface area contributed by atoms with Crippen molar-refractivity contribution in [2.24, 2.45) is 0 Å². The van der Waals surface area contributed by atoms with Crippen LogP contribution in [0.15, 0.2) is 60.7 Å². The lowest BCUT2D eigenvalue weighted by Crippen LogP contribution is -2.21. The van der Waals surface area contributed by atoms with Crippen LogP contribution >= 0.6 is 0 Å². The highest BCUT2D eigenvalue weighted by Crippen LogP contribution is 2.22. The first-order valence-electron chi connectivity index (χ1n) is 8.63. The fourth-order valence-electron chi connectivity index (χ4n) is 2.39. The van der Waals surface area contributed by atoms with Crippen LogP contribution in [0, 0.1) is 6.92 Å².